The van der Waals surface area contributed by atoms with Crippen LogP contribution >= 0.6 is 0 Å². The van der Waals surface area contributed by atoms with Crippen molar-refractivity contribution in [3.8, 4) is 28.5 Å². The van der Waals surface area contributed by atoms with Gasteiger partial charge in [-0.3, -0.25) is 0 Å². The molecule has 1 saturated carbocycles. The van der Waals surface area contributed by atoms with E-state index in [0.29, 0.717) is 23.0 Å². The molecule has 6 heteroatoms. The summed E-state index contributed by atoms with van der Waals surface area (Å²) in [5.74, 6) is 0.179. The first-order valence-electron chi connectivity index (χ1n) is 10.4. The topological polar surface area (TPSA) is 63.7 Å². The fraction of sp³-hybridized carbons (Fsp3) is 0.292. The summed E-state index contributed by atoms with van der Waals surface area (Å²) in [5, 5.41) is 0. The van der Waals surface area contributed by atoms with Crippen LogP contribution in [0, 0.1) is 12.7 Å². The van der Waals surface area contributed by atoms with Crippen molar-refractivity contribution in [2.24, 2.45) is 0 Å². The van der Waals surface area contributed by atoms with E-state index in [0.717, 1.165) is 35.0 Å². The maximum atomic E-state index is 14.9. The van der Waals surface area contributed by atoms with Gasteiger partial charge in [-0.15, -0.1) is 0 Å². The summed E-state index contributed by atoms with van der Waals surface area (Å²) in [6.45, 7) is 2.02. The summed E-state index contributed by atoms with van der Waals surface area (Å²) in [7, 11) is 0. The lowest BCUT2D eigenvalue weighted by Crippen LogP contribution is -2.20. The summed E-state index contributed by atoms with van der Waals surface area (Å²) < 4.78 is 20.8. The molecule has 2 heterocycles. The molecule has 1 aliphatic rings. The Labute approximate surface area is 174 Å². The normalized spacial score (nSPS) is 14.9. The maximum Gasteiger partial charge on any atom is 0.316 e. The van der Waals surface area contributed by atoms with Crippen LogP contribution in [0.25, 0.3) is 33.5 Å². The zero-order valence-electron chi connectivity index (χ0n) is 16.9. The fourth-order valence-corrected chi connectivity index (χ4v) is 4.00. The van der Waals surface area contributed by atoms with Crippen molar-refractivity contribution in [3.63, 3.8) is 0 Å². The van der Waals surface area contributed by atoms with Gasteiger partial charge in [-0.1, -0.05) is 18.6 Å². The van der Waals surface area contributed by atoms with Crippen molar-refractivity contribution < 1.29 is 9.13 Å². The number of aryl methyl sites for hydroxylation is 1. The first kappa shape index (κ1) is 18.7. The van der Waals surface area contributed by atoms with Gasteiger partial charge in [0.25, 0.3) is 0 Å². The molecule has 30 heavy (non-hydrogen) atoms. The number of hydrogen-bond acceptors (Lipinski definition) is 4. The van der Waals surface area contributed by atoms with E-state index >= 15 is 0 Å². The van der Waals surface area contributed by atoms with Gasteiger partial charge < -0.3 is 9.72 Å². The molecule has 0 radical (unpaired) electrons. The van der Waals surface area contributed by atoms with Gasteiger partial charge in [0.15, 0.2) is 0 Å². The first-order valence-corrected chi connectivity index (χ1v) is 10.4. The third-order valence-corrected chi connectivity index (χ3v) is 5.65. The standard InChI is InChI=1S/C24H23FN4O/c1-15-7-10-21-22(11-15)29-23(28-21)19-9-8-16(12-20(19)25)17-13-26-24(27-14-17)30-18-5-3-2-4-6-18/h7-14,18H,2-6H2,1H3,(H,28,29). The molecule has 4 aromatic rings. The highest BCUT2D eigenvalue weighted by Crippen LogP contribution is 2.28. The van der Waals surface area contributed by atoms with Crippen LogP contribution < -0.4 is 4.74 Å². The van der Waals surface area contributed by atoms with E-state index in [1.165, 1.54) is 25.3 Å². The molecule has 0 amide bonds. The number of halogens is 1. The Morgan fingerprint density at radius 2 is 1.77 bits per heavy atom. The Hall–Kier alpha value is -3.28. The molecule has 2 aromatic carbocycles. The number of fused-ring (bicyclic) bond motifs is 1. The lowest BCUT2D eigenvalue weighted by molar-refractivity contribution is 0.142. The number of aromatic nitrogens is 4. The van der Waals surface area contributed by atoms with Crippen LogP contribution in [0.4, 0.5) is 4.39 Å². The van der Waals surface area contributed by atoms with E-state index in [2.05, 4.69) is 19.9 Å². The molecular formula is C24H23FN4O. The van der Waals surface area contributed by atoms with Crippen molar-refractivity contribution in [2.45, 2.75) is 45.1 Å². The van der Waals surface area contributed by atoms with Gasteiger partial charge in [-0.25, -0.2) is 19.3 Å². The molecule has 0 unspecified atom stereocenters. The number of nitrogens with zero attached hydrogens (tertiary/aromatic N) is 3. The predicted octanol–water partition coefficient (Wildman–Crippen LogP) is 5.85. The summed E-state index contributed by atoms with van der Waals surface area (Å²) in [6, 6.07) is 11.4. The molecule has 1 N–H and O–H groups in total. The summed E-state index contributed by atoms with van der Waals surface area (Å²) >= 11 is 0. The minimum Gasteiger partial charge on any atom is -0.460 e. The van der Waals surface area contributed by atoms with E-state index in [1.54, 1.807) is 18.5 Å². The van der Waals surface area contributed by atoms with Gasteiger partial charge in [-0.2, -0.15) is 0 Å². The number of nitrogens with one attached hydrogen (secondary N) is 1. The second-order valence-corrected chi connectivity index (χ2v) is 7.93. The molecule has 1 aliphatic carbocycles. The van der Waals surface area contributed by atoms with E-state index in [4.69, 9.17) is 4.74 Å². The second kappa shape index (κ2) is 7.86. The van der Waals surface area contributed by atoms with Gasteiger partial charge >= 0.3 is 6.01 Å². The predicted molar refractivity (Wildman–Crippen MR) is 115 cm³/mol. The van der Waals surface area contributed by atoms with Crippen LogP contribution in [-0.2, 0) is 0 Å². The summed E-state index contributed by atoms with van der Waals surface area (Å²) in [5.41, 5.74) is 4.75. The van der Waals surface area contributed by atoms with Crippen molar-refractivity contribution >= 4 is 11.0 Å². The first-order chi connectivity index (χ1) is 14.7. The number of hydrogen-bond donors (Lipinski definition) is 1. The molecule has 0 atom stereocenters. The van der Waals surface area contributed by atoms with Gasteiger partial charge in [0, 0.05) is 18.0 Å². The third-order valence-electron chi connectivity index (χ3n) is 5.65. The number of aromatic amines is 1. The minimum atomic E-state index is -0.342. The van der Waals surface area contributed by atoms with Crippen molar-refractivity contribution in [3.05, 3.63) is 60.2 Å². The average molecular weight is 402 g/mol. The molecule has 0 aliphatic heterocycles. The summed E-state index contributed by atoms with van der Waals surface area (Å²) in [6.07, 6.45) is 9.34. The van der Waals surface area contributed by atoms with Gasteiger partial charge in [0.05, 0.1) is 16.6 Å². The van der Waals surface area contributed by atoms with Crippen molar-refractivity contribution in [1.29, 1.82) is 0 Å². The van der Waals surface area contributed by atoms with Crippen molar-refractivity contribution in [2.75, 3.05) is 0 Å². The van der Waals surface area contributed by atoms with Crippen LogP contribution in [0.15, 0.2) is 48.8 Å². The van der Waals surface area contributed by atoms with Crippen LogP contribution in [-0.4, -0.2) is 26.0 Å². The lowest BCUT2D eigenvalue weighted by atomic mass is 9.98. The van der Waals surface area contributed by atoms with Crippen LogP contribution in [0.5, 0.6) is 6.01 Å². The summed E-state index contributed by atoms with van der Waals surface area (Å²) in [4.78, 5) is 16.4. The number of ether oxygens (including phenoxy) is 1. The zero-order chi connectivity index (χ0) is 20.5. The monoisotopic (exact) mass is 402 g/mol. The van der Waals surface area contributed by atoms with Gasteiger partial charge in [-0.05, 0) is 68.0 Å². The second-order valence-electron chi connectivity index (χ2n) is 7.93. The van der Waals surface area contributed by atoms with Crippen LogP contribution in [0.3, 0.4) is 0 Å². The number of H-pyrrole nitrogens is 1. The maximum absolute atomic E-state index is 14.9. The quantitative estimate of drug-likeness (QED) is 0.465. The van der Waals surface area contributed by atoms with Crippen LogP contribution in [0.2, 0.25) is 0 Å². The van der Waals surface area contributed by atoms with E-state index < -0.39 is 0 Å². The van der Waals surface area contributed by atoms with Crippen molar-refractivity contribution in [1.82, 2.24) is 19.9 Å². The smallest absolute Gasteiger partial charge is 0.316 e. The van der Waals surface area contributed by atoms with E-state index in [9.17, 15) is 4.39 Å². The molecule has 0 spiro atoms. The third kappa shape index (κ3) is 3.77. The molecule has 0 bridgehead atoms. The Kier molecular flexibility index (Phi) is 4.91. The van der Waals surface area contributed by atoms with Gasteiger partial charge in [0.1, 0.15) is 17.7 Å². The van der Waals surface area contributed by atoms with Gasteiger partial charge in [0.2, 0.25) is 0 Å². The van der Waals surface area contributed by atoms with E-state index in [-0.39, 0.29) is 11.9 Å². The Bertz CT molecular complexity index is 1180. The number of benzene rings is 2. The lowest BCUT2D eigenvalue weighted by Gasteiger charge is -2.21. The van der Waals surface area contributed by atoms with Crippen LogP contribution in [0.1, 0.15) is 37.7 Å². The molecule has 152 valence electrons. The molecular weight excluding hydrogens is 379 g/mol. The highest BCUT2D eigenvalue weighted by Gasteiger charge is 2.16. The molecule has 5 nitrogen and oxygen atoms in total. The number of rotatable bonds is 4. The molecule has 0 saturated heterocycles. The highest BCUT2D eigenvalue weighted by atomic mass is 19.1. The highest BCUT2D eigenvalue weighted by molar-refractivity contribution is 5.80. The minimum absolute atomic E-state index is 0.203. The van der Waals surface area contributed by atoms with E-state index in [1.807, 2.05) is 31.2 Å². The Balaban J connectivity index is 1.37. The Morgan fingerprint density at radius 1 is 0.967 bits per heavy atom. The average Bonchev–Trinajstić information content (AvgIpc) is 3.18. The molecule has 2 aromatic heterocycles. The Morgan fingerprint density at radius 3 is 2.53 bits per heavy atom. The SMILES string of the molecule is Cc1ccc2nc(-c3ccc(-c4cnc(OC5CCCCC5)nc4)cc3F)[nH]c2c1. The number of imidazole rings is 1. The zero-order valence-corrected chi connectivity index (χ0v) is 16.9. The molecule has 1 fully saturated rings. The fourth-order valence-electron chi connectivity index (χ4n) is 4.00. The largest absolute Gasteiger partial charge is 0.460 e. The molecule has 5 rings (SSSR count).